The van der Waals surface area contributed by atoms with Crippen LogP contribution in [0.3, 0.4) is 0 Å². The summed E-state index contributed by atoms with van der Waals surface area (Å²) in [5, 5.41) is 4.59. The quantitative estimate of drug-likeness (QED) is 0.728. The highest BCUT2D eigenvalue weighted by Gasteiger charge is 2.33. The van der Waals surface area contributed by atoms with Gasteiger partial charge in [-0.3, -0.25) is 9.48 Å². The van der Waals surface area contributed by atoms with Crippen LogP contribution in [0.25, 0.3) is 0 Å². The molecule has 2 aromatic rings. The van der Waals surface area contributed by atoms with Crippen LogP contribution in [-0.4, -0.2) is 46.9 Å². The van der Waals surface area contributed by atoms with Crippen molar-refractivity contribution in [3.63, 3.8) is 0 Å². The van der Waals surface area contributed by atoms with E-state index in [9.17, 15) is 4.79 Å². The maximum atomic E-state index is 13.3. The molecule has 0 spiro atoms. The van der Waals surface area contributed by atoms with Gasteiger partial charge in [0, 0.05) is 44.0 Å². The number of benzene rings is 1. The van der Waals surface area contributed by atoms with Crippen LogP contribution in [0.4, 0.5) is 0 Å². The molecule has 2 atom stereocenters. The molecule has 2 N–H and O–H groups in total. The highest BCUT2D eigenvalue weighted by atomic mass is 16.5. The molecule has 0 bridgehead atoms. The van der Waals surface area contributed by atoms with Gasteiger partial charge in [0.05, 0.1) is 12.3 Å². The number of ether oxygens (including phenoxy) is 1. The van der Waals surface area contributed by atoms with Crippen LogP contribution in [0.1, 0.15) is 41.9 Å². The van der Waals surface area contributed by atoms with Gasteiger partial charge in [0.2, 0.25) is 5.91 Å². The number of nitrogens with one attached hydrogen (secondary N) is 2. The normalized spacial score (nSPS) is 19.1. The van der Waals surface area contributed by atoms with Crippen LogP contribution in [0.5, 0.6) is 0 Å². The lowest BCUT2D eigenvalue weighted by atomic mass is 10.0. The molecule has 1 fully saturated rings. The van der Waals surface area contributed by atoms with E-state index >= 15 is 0 Å². The fraction of sp³-hybridized carbons (Fsp3) is 0.524. The lowest BCUT2D eigenvalue weighted by Gasteiger charge is -2.25. The first kappa shape index (κ1) is 20.5. The van der Waals surface area contributed by atoms with Crippen LogP contribution in [0.15, 0.2) is 30.3 Å². The topological polar surface area (TPSA) is 71.4 Å². The SMILES string of the molecule is CCn1nc(C)c(CN(CCOC)C(=O)C2CC(c3ccccc3)NN2)c1C. The molecule has 1 saturated heterocycles. The van der Waals surface area contributed by atoms with Gasteiger partial charge in [-0.1, -0.05) is 30.3 Å². The molecular weight excluding hydrogens is 354 g/mol. The van der Waals surface area contributed by atoms with Gasteiger partial charge >= 0.3 is 0 Å². The van der Waals surface area contributed by atoms with E-state index in [1.165, 1.54) is 5.56 Å². The number of hydrogen-bond donors (Lipinski definition) is 2. The Morgan fingerprint density at radius 2 is 2.04 bits per heavy atom. The second kappa shape index (κ2) is 9.32. The van der Waals surface area contributed by atoms with Gasteiger partial charge < -0.3 is 9.64 Å². The average Bonchev–Trinajstić information content (AvgIpc) is 3.31. The van der Waals surface area contributed by atoms with Gasteiger partial charge in [0.25, 0.3) is 0 Å². The monoisotopic (exact) mass is 385 g/mol. The lowest BCUT2D eigenvalue weighted by Crippen LogP contribution is -2.46. The number of aromatic nitrogens is 2. The van der Waals surface area contributed by atoms with Gasteiger partial charge in [-0.25, -0.2) is 10.9 Å². The van der Waals surface area contributed by atoms with E-state index in [4.69, 9.17) is 4.74 Å². The van der Waals surface area contributed by atoms with Crippen LogP contribution in [0, 0.1) is 13.8 Å². The van der Waals surface area contributed by atoms with Crippen molar-refractivity contribution in [2.24, 2.45) is 0 Å². The Kier molecular flexibility index (Phi) is 6.83. The summed E-state index contributed by atoms with van der Waals surface area (Å²) in [6, 6.07) is 10.1. The first-order chi connectivity index (χ1) is 13.5. The van der Waals surface area contributed by atoms with Crippen molar-refractivity contribution >= 4 is 5.91 Å². The van der Waals surface area contributed by atoms with Crippen molar-refractivity contribution < 1.29 is 9.53 Å². The fourth-order valence-electron chi connectivity index (χ4n) is 3.77. The zero-order valence-corrected chi connectivity index (χ0v) is 17.2. The molecule has 1 aromatic heterocycles. The summed E-state index contributed by atoms with van der Waals surface area (Å²) < 4.78 is 7.24. The number of rotatable bonds is 8. The van der Waals surface area contributed by atoms with E-state index in [-0.39, 0.29) is 18.0 Å². The van der Waals surface area contributed by atoms with E-state index in [1.54, 1.807) is 7.11 Å². The summed E-state index contributed by atoms with van der Waals surface area (Å²) in [4.78, 5) is 15.2. The molecule has 2 heterocycles. The fourth-order valence-corrected chi connectivity index (χ4v) is 3.77. The van der Waals surface area contributed by atoms with Gasteiger partial charge in [0.15, 0.2) is 0 Å². The van der Waals surface area contributed by atoms with Crippen molar-refractivity contribution in [1.82, 2.24) is 25.5 Å². The minimum atomic E-state index is -0.260. The van der Waals surface area contributed by atoms with E-state index < -0.39 is 0 Å². The van der Waals surface area contributed by atoms with Crippen LogP contribution in [0.2, 0.25) is 0 Å². The molecule has 7 heteroatoms. The largest absolute Gasteiger partial charge is 0.383 e. The molecule has 0 radical (unpaired) electrons. The van der Waals surface area contributed by atoms with Gasteiger partial charge in [-0.2, -0.15) is 5.10 Å². The number of methoxy groups -OCH3 is 1. The predicted octanol–water partition coefficient (Wildman–Crippen LogP) is 2.10. The van der Waals surface area contributed by atoms with E-state index in [1.807, 2.05) is 34.7 Å². The lowest BCUT2D eigenvalue weighted by molar-refractivity contribution is -0.134. The third-order valence-corrected chi connectivity index (χ3v) is 5.46. The molecule has 1 aromatic carbocycles. The molecule has 7 nitrogen and oxygen atoms in total. The Bertz CT molecular complexity index is 790. The summed E-state index contributed by atoms with van der Waals surface area (Å²) >= 11 is 0. The minimum absolute atomic E-state index is 0.0889. The van der Waals surface area contributed by atoms with Crippen LogP contribution >= 0.6 is 0 Å². The van der Waals surface area contributed by atoms with Crippen molar-refractivity contribution in [3.8, 4) is 0 Å². The smallest absolute Gasteiger partial charge is 0.241 e. The predicted molar refractivity (Wildman–Crippen MR) is 109 cm³/mol. The Hall–Kier alpha value is -2.22. The maximum Gasteiger partial charge on any atom is 0.241 e. The Morgan fingerprint density at radius 1 is 1.29 bits per heavy atom. The third-order valence-electron chi connectivity index (χ3n) is 5.46. The number of hydrogen-bond acceptors (Lipinski definition) is 5. The van der Waals surface area contributed by atoms with Gasteiger partial charge in [-0.05, 0) is 32.8 Å². The molecule has 1 aliphatic heterocycles. The second-order valence-electron chi connectivity index (χ2n) is 7.26. The van der Waals surface area contributed by atoms with Crippen molar-refractivity contribution in [3.05, 3.63) is 52.8 Å². The van der Waals surface area contributed by atoms with Crippen molar-refractivity contribution in [2.75, 3.05) is 20.3 Å². The summed E-state index contributed by atoms with van der Waals surface area (Å²) in [5.74, 6) is 0.0889. The zero-order valence-electron chi connectivity index (χ0n) is 17.2. The van der Waals surface area contributed by atoms with Crippen LogP contribution in [-0.2, 0) is 22.6 Å². The molecule has 1 aliphatic rings. The second-order valence-corrected chi connectivity index (χ2v) is 7.26. The maximum absolute atomic E-state index is 13.3. The summed E-state index contributed by atoms with van der Waals surface area (Å²) in [5.41, 5.74) is 10.9. The number of nitrogens with zero attached hydrogens (tertiary/aromatic N) is 3. The van der Waals surface area contributed by atoms with Gasteiger partial charge in [0.1, 0.15) is 6.04 Å². The first-order valence-electron chi connectivity index (χ1n) is 9.91. The number of carbonyl (C=O) groups is 1. The number of amides is 1. The Labute approximate surface area is 167 Å². The summed E-state index contributed by atoms with van der Waals surface area (Å²) in [7, 11) is 1.66. The molecular formula is C21H31N5O2. The molecule has 152 valence electrons. The number of carbonyl (C=O) groups excluding carboxylic acids is 1. The molecule has 1 amide bonds. The number of hydrazine groups is 1. The molecule has 0 saturated carbocycles. The van der Waals surface area contributed by atoms with E-state index in [0.29, 0.717) is 19.7 Å². The molecule has 28 heavy (non-hydrogen) atoms. The molecule has 2 unspecified atom stereocenters. The summed E-state index contributed by atoms with van der Waals surface area (Å²) in [6.07, 6.45) is 0.721. The number of aryl methyl sites for hydroxylation is 2. The van der Waals surface area contributed by atoms with E-state index in [2.05, 4.69) is 41.9 Å². The van der Waals surface area contributed by atoms with Crippen LogP contribution < -0.4 is 10.9 Å². The van der Waals surface area contributed by atoms with E-state index in [0.717, 1.165) is 29.9 Å². The standard InChI is InChI=1S/C21H31N5O2/c1-5-26-16(3)18(15(2)24-26)14-25(11-12-28-4)21(27)20-13-19(22-23-20)17-9-7-6-8-10-17/h6-10,19-20,22-23H,5,11-14H2,1-4H3. The molecule has 0 aliphatic carbocycles. The Balaban J connectivity index is 1.73. The first-order valence-corrected chi connectivity index (χ1v) is 9.91. The highest BCUT2D eigenvalue weighted by molar-refractivity contribution is 5.82. The average molecular weight is 386 g/mol. The Morgan fingerprint density at radius 3 is 2.68 bits per heavy atom. The van der Waals surface area contributed by atoms with Crippen molar-refractivity contribution in [2.45, 2.75) is 52.4 Å². The third kappa shape index (κ3) is 4.43. The minimum Gasteiger partial charge on any atom is -0.383 e. The van der Waals surface area contributed by atoms with Gasteiger partial charge in [-0.15, -0.1) is 0 Å². The zero-order chi connectivity index (χ0) is 20.1. The molecule has 3 rings (SSSR count). The highest BCUT2D eigenvalue weighted by Crippen LogP contribution is 2.24. The summed E-state index contributed by atoms with van der Waals surface area (Å²) in [6.45, 7) is 8.59. The van der Waals surface area contributed by atoms with Crippen molar-refractivity contribution in [1.29, 1.82) is 0 Å².